The summed E-state index contributed by atoms with van der Waals surface area (Å²) in [6.45, 7) is 0. The largest absolute Gasteiger partial charge is 0.490 e. The second-order valence-corrected chi connectivity index (χ2v) is 4.47. The van der Waals surface area contributed by atoms with Crippen LogP contribution in [-0.4, -0.2) is 17.3 Å². The van der Waals surface area contributed by atoms with Crippen LogP contribution < -0.4 is 4.74 Å². The Hall–Kier alpha value is -1.05. The quantitative estimate of drug-likeness (QED) is 0.908. The van der Waals surface area contributed by atoms with Crippen molar-refractivity contribution in [2.75, 3.05) is 0 Å². The van der Waals surface area contributed by atoms with Crippen LogP contribution in [0.3, 0.4) is 0 Å². The average molecular weight is 284 g/mol. The van der Waals surface area contributed by atoms with Gasteiger partial charge in [0.2, 0.25) is 0 Å². The molecule has 0 saturated heterocycles. The number of hydrogen-bond donors (Lipinski definition) is 1. The van der Waals surface area contributed by atoms with Crippen molar-refractivity contribution in [2.24, 2.45) is 0 Å². The third kappa shape index (κ3) is 2.75. The van der Waals surface area contributed by atoms with Gasteiger partial charge >= 0.3 is 0 Å². The molecule has 1 saturated carbocycles. The summed E-state index contributed by atoms with van der Waals surface area (Å²) in [5.74, 6) is 0.734. The fourth-order valence-corrected chi connectivity index (χ4v) is 1.93. The highest BCUT2D eigenvalue weighted by molar-refractivity contribution is 9.10. The molecule has 1 N–H and O–H groups in total. The molecule has 1 aromatic carbocycles. The van der Waals surface area contributed by atoms with Crippen LogP contribution in [0.4, 0.5) is 0 Å². The van der Waals surface area contributed by atoms with Gasteiger partial charge < -0.3 is 9.84 Å². The number of hydrogen-bond acceptors (Lipinski definition) is 3. The van der Waals surface area contributed by atoms with Crippen LogP contribution in [0.1, 0.15) is 25.8 Å². The van der Waals surface area contributed by atoms with Crippen molar-refractivity contribution in [3.63, 3.8) is 0 Å². The van der Waals surface area contributed by atoms with E-state index in [0.717, 1.165) is 10.2 Å². The van der Waals surface area contributed by atoms with Crippen LogP contribution in [-0.2, 0) is 0 Å². The van der Waals surface area contributed by atoms with Crippen molar-refractivity contribution < 1.29 is 9.84 Å². The van der Waals surface area contributed by atoms with Crippen LogP contribution in [0.15, 0.2) is 22.7 Å². The zero-order valence-corrected chi connectivity index (χ0v) is 9.57. The highest BCUT2D eigenvalue weighted by atomic mass is 79.9. The molecule has 1 aromatic rings. The number of ether oxygens (including phenoxy) is 1. The fourth-order valence-electron chi connectivity index (χ4n) is 1.49. The van der Waals surface area contributed by atoms with Gasteiger partial charge in [-0.1, -0.05) is 7.43 Å². The summed E-state index contributed by atoms with van der Waals surface area (Å²) in [7, 11) is 0. The van der Waals surface area contributed by atoms with Crippen molar-refractivity contribution in [1.29, 1.82) is 5.26 Å². The van der Waals surface area contributed by atoms with E-state index in [2.05, 4.69) is 22.0 Å². The van der Waals surface area contributed by atoms with Gasteiger partial charge in [0.15, 0.2) is 0 Å². The number of halogens is 1. The predicted octanol–water partition coefficient (Wildman–Crippen LogP) is 2.86. The van der Waals surface area contributed by atoms with Crippen molar-refractivity contribution >= 4 is 15.9 Å². The molecular formula is C12H14BrNO2. The van der Waals surface area contributed by atoms with Crippen LogP contribution >= 0.6 is 15.9 Å². The Kier molecular flexibility index (Phi) is 4.34. The molecule has 1 aliphatic rings. The lowest BCUT2D eigenvalue weighted by Crippen LogP contribution is -2.37. The number of aliphatic hydroxyl groups is 1. The maximum absolute atomic E-state index is 9.10. The van der Waals surface area contributed by atoms with E-state index in [1.54, 1.807) is 18.2 Å². The van der Waals surface area contributed by atoms with E-state index in [1.165, 1.54) is 0 Å². The summed E-state index contributed by atoms with van der Waals surface area (Å²) < 4.78 is 6.34. The first-order chi connectivity index (χ1) is 7.19. The summed E-state index contributed by atoms with van der Waals surface area (Å²) in [6.07, 6.45) is 1.28. The minimum Gasteiger partial charge on any atom is -0.490 e. The smallest absolute Gasteiger partial charge is 0.120 e. The number of nitrogens with zero attached hydrogens (tertiary/aromatic N) is 1. The summed E-state index contributed by atoms with van der Waals surface area (Å²) >= 11 is 3.30. The van der Waals surface area contributed by atoms with Crippen LogP contribution in [0.2, 0.25) is 0 Å². The molecule has 0 bridgehead atoms. The lowest BCUT2D eigenvalue weighted by atomic mass is 9.92. The molecule has 4 heteroatoms. The molecule has 0 heterocycles. The molecule has 1 fully saturated rings. The molecule has 0 unspecified atom stereocenters. The van der Waals surface area contributed by atoms with Crippen molar-refractivity contribution in [3.05, 3.63) is 28.2 Å². The highest BCUT2D eigenvalue weighted by Crippen LogP contribution is 2.28. The number of rotatable bonds is 2. The third-order valence-corrected chi connectivity index (χ3v) is 3.09. The number of benzene rings is 1. The Labute approximate surface area is 104 Å². The van der Waals surface area contributed by atoms with E-state index < -0.39 is 0 Å². The SMILES string of the molecule is C.N#Cc1ccc(OC2CC(O)C2)cc1Br. The Morgan fingerprint density at radius 1 is 1.44 bits per heavy atom. The highest BCUT2D eigenvalue weighted by Gasteiger charge is 2.28. The standard InChI is InChI=1S/C11H10BrNO2.CH4/c12-11-5-9(2-1-7(11)6-13)15-10-3-8(14)4-10;/h1-2,5,8,10,14H,3-4H2;1H4. The zero-order chi connectivity index (χ0) is 10.8. The lowest BCUT2D eigenvalue weighted by Gasteiger charge is -2.31. The molecule has 0 aromatic heterocycles. The summed E-state index contributed by atoms with van der Waals surface area (Å²) in [6, 6.07) is 7.34. The summed E-state index contributed by atoms with van der Waals surface area (Å²) in [5, 5.41) is 17.8. The van der Waals surface area contributed by atoms with Gasteiger partial charge in [-0.15, -0.1) is 0 Å². The Balaban J connectivity index is 0.00000128. The molecule has 0 spiro atoms. The van der Waals surface area contributed by atoms with Gasteiger partial charge in [-0.2, -0.15) is 5.26 Å². The average Bonchev–Trinajstić information content (AvgIpc) is 2.16. The molecule has 0 amide bonds. The maximum Gasteiger partial charge on any atom is 0.120 e. The minimum atomic E-state index is -0.211. The van der Waals surface area contributed by atoms with Gasteiger partial charge in [-0.25, -0.2) is 0 Å². The molecular weight excluding hydrogens is 270 g/mol. The Bertz CT molecular complexity index is 408. The third-order valence-electron chi connectivity index (χ3n) is 2.43. The van der Waals surface area contributed by atoms with Crippen LogP contribution in [0.25, 0.3) is 0 Å². The van der Waals surface area contributed by atoms with Gasteiger partial charge in [-0.05, 0) is 34.1 Å². The maximum atomic E-state index is 9.10. The fraction of sp³-hybridized carbons (Fsp3) is 0.417. The lowest BCUT2D eigenvalue weighted by molar-refractivity contribution is -0.0108. The van der Waals surface area contributed by atoms with E-state index in [0.29, 0.717) is 18.4 Å². The first-order valence-corrected chi connectivity index (χ1v) is 5.52. The number of aliphatic hydroxyl groups excluding tert-OH is 1. The molecule has 2 rings (SSSR count). The van der Waals surface area contributed by atoms with E-state index in [1.807, 2.05) is 0 Å². The molecule has 1 aliphatic carbocycles. The summed E-state index contributed by atoms with van der Waals surface area (Å²) in [4.78, 5) is 0. The van der Waals surface area contributed by atoms with E-state index in [4.69, 9.17) is 15.1 Å². The minimum absolute atomic E-state index is 0. The monoisotopic (exact) mass is 283 g/mol. The van der Waals surface area contributed by atoms with Gasteiger partial charge in [0.1, 0.15) is 17.9 Å². The van der Waals surface area contributed by atoms with E-state index in [-0.39, 0.29) is 19.6 Å². The van der Waals surface area contributed by atoms with E-state index >= 15 is 0 Å². The second-order valence-electron chi connectivity index (χ2n) is 3.62. The molecule has 0 radical (unpaired) electrons. The topological polar surface area (TPSA) is 53.2 Å². The van der Waals surface area contributed by atoms with Gasteiger partial charge in [-0.3, -0.25) is 0 Å². The molecule has 0 atom stereocenters. The van der Waals surface area contributed by atoms with Crippen molar-refractivity contribution in [3.8, 4) is 11.8 Å². The normalized spacial score (nSPS) is 22.6. The molecule has 16 heavy (non-hydrogen) atoms. The Morgan fingerprint density at radius 2 is 2.12 bits per heavy atom. The first-order valence-electron chi connectivity index (χ1n) is 4.73. The van der Waals surface area contributed by atoms with Crippen LogP contribution in [0, 0.1) is 11.3 Å². The molecule has 0 aliphatic heterocycles. The van der Waals surface area contributed by atoms with Gasteiger partial charge in [0.05, 0.1) is 11.7 Å². The number of nitriles is 1. The first kappa shape index (κ1) is 13.0. The van der Waals surface area contributed by atoms with E-state index in [9.17, 15) is 0 Å². The molecule has 3 nitrogen and oxygen atoms in total. The predicted molar refractivity (Wildman–Crippen MR) is 65.2 cm³/mol. The second kappa shape index (κ2) is 5.33. The zero-order valence-electron chi connectivity index (χ0n) is 7.98. The van der Waals surface area contributed by atoms with Gasteiger partial charge in [0, 0.05) is 17.3 Å². The Morgan fingerprint density at radius 3 is 2.62 bits per heavy atom. The van der Waals surface area contributed by atoms with Crippen molar-refractivity contribution in [2.45, 2.75) is 32.5 Å². The van der Waals surface area contributed by atoms with Crippen molar-refractivity contribution in [1.82, 2.24) is 0 Å². The van der Waals surface area contributed by atoms with Crippen LogP contribution in [0.5, 0.6) is 5.75 Å². The summed E-state index contributed by atoms with van der Waals surface area (Å²) in [5.41, 5.74) is 0.594. The molecule has 86 valence electrons. The van der Waals surface area contributed by atoms with Gasteiger partial charge in [0.25, 0.3) is 0 Å².